The highest BCUT2D eigenvalue weighted by Crippen LogP contribution is 2.31. The van der Waals surface area contributed by atoms with Gasteiger partial charge in [0.25, 0.3) is 0 Å². The molecule has 0 spiro atoms. The predicted octanol–water partition coefficient (Wildman–Crippen LogP) is 4.42. The minimum atomic E-state index is -0.480. The zero-order valence-corrected chi connectivity index (χ0v) is 15.4. The Hall–Kier alpha value is -0.780. The predicted molar refractivity (Wildman–Crippen MR) is 92.3 cm³/mol. The summed E-state index contributed by atoms with van der Waals surface area (Å²) in [4.78, 5) is 11.9. The Labute approximate surface area is 145 Å². The summed E-state index contributed by atoms with van der Waals surface area (Å²) >= 11 is 9.66. The number of hydrogen-bond acceptors (Lipinski definition) is 3. The van der Waals surface area contributed by atoms with E-state index in [2.05, 4.69) is 26.6 Å². The molecule has 0 saturated carbocycles. The van der Waals surface area contributed by atoms with E-state index in [4.69, 9.17) is 16.3 Å². The van der Waals surface area contributed by atoms with Gasteiger partial charge in [0.05, 0.1) is 0 Å². The van der Waals surface area contributed by atoms with Crippen LogP contribution in [0.1, 0.15) is 45.2 Å². The molecule has 1 aliphatic rings. The Kier molecular flexibility index (Phi) is 5.75. The van der Waals surface area contributed by atoms with Gasteiger partial charge in [0.15, 0.2) is 0 Å². The molecule has 0 aliphatic carbocycles. The van der Waals surface area contributed by atoms with Crippen molar-refractivity contribution in [3.8, 4) is 0 Å². The number of hydrogen-bond donors (Lipinski definition) is 2. The minimum absolute atomic E-state index is 0.0898. The van der Waals surface area contributed by atoms with Crippen molar-refractivity contribution in [2.45, 2.75) is 51.3 Å². The molecule has 1 heterocycles. The van der Waals surface area contributed by atoms with Crippen LogP contribution in [0, 0.1) is 0 Å². The third-order valence-electron chi connectivity index (χ3n) is 3.46. The van der Waals surface area contributed by atoms with Gasteiger partial charge in [-0.1, -0.05) is 27.5 Å². The molecule has 1 aromatic carbocycles. The van der Waals surface area contributed by atoms with E-state index in [0.29, 0.717) is 5.02 Å². The zero-order valence-electron chi connectivity index (χ0n) is 13.1. The zero-order chi connectivity index (χ0) is 16.3. The van der Waals surface area contributed by atoms with Crippen molar-refractivity contribution in [1.29, 1.82) is 0 Å². The van der Waals surface area contributed by atoms with E-state index in [1.165, 1.54) is 0 Å². The van der Waals surface area contributed by atoms with Crippen LogP contribution in [0.25, 0.3) is 0 Å². The molecular formula is C16H22BrClN2O2. The molecule has 2 rings (SSSR count). The molecule has 1 aliphatic heterocycles. The van der Waals surface area contributed by atoms with Crippen molar-refractivity contribution < 1.29 is 9.53 Å². The van der Waals surface area contributed by atoms with Crippen LogP contribution in [0.4, 0.5) is 4.79 Å². The van der Waals surface area contributed by atoms with E-state index >= 15 is 0 Å². The number of amides is 1. The summed E-state index contributed by atoms with van der Waals surface area (Å²) in [6, 6.07) is 6.01. The quantitative estimate of drug-likeness (QED) is 0.787. The summed E-state index contributed by atoms with van der Waals surface area (Å²) in [5, 5.41) is 7.14. The molecule has 1 fully saturated rings. The van der Waals surface area contributed by atoms with E-state index in [0.717, 1.165) is 29.4 Å². The lowest BCUT2D eigenvalue weighted by Crippen LogP contribution is -2.45. The van der Waals surface area contributed by atoms with Crippen LogP contribution in [0.2, 0.25) is 5.02 Å². The van der Waals surface area contributed by atoms with Crippen LogP contribution in [0.3, 0.4) is 0 Å². The van der Waals surface area contributed by atoms with E-state index in [1.807, 2.05) is 39.0 Å². The van der Waals surface area contributed by atoms with Gasteiger partial charge in [-0.2, -0.15) is 0 Å². The summed E-state index contributed by atoms with van der Waals surface area (Å²) in [7, 11) is 0. The molecule has 2 atom stereocenters. The molecule has 0 bridgehead atoms. The van der Waals surface area contributed by atoms with Gasteiger partial charge in [-0.05, 0) is 63.9 Å². The van der Waals surface area contributed by atoms with Crippen LogP contribution in [0.5, 0.6) is 0 Å². The fourth-order valence-electron chi connectivity index (χ4n) is 2.54. The molecule has 4 nitrogen and oxygen atoms in total. The van der Waals surface area contributed by atoms with Crippen molar-refractivity contribution >= 4 is 33.6 Å². The van der Waals surface area contributed by atoms with Gasteiger partial charge in [-0.15, -0.1) is 0 Å². The maximum absolute atomic E-state index is 11.9. The topological polar surface area (TPSA) is 50.4 Å². The average molecular weight is 390 g/mol. The Morgan fingerprint density at radius 2 is 2.18 bits per heavy atom. The third-order valence-corrected chi connectivity index (χ3v) is 4.42. The average Bonchev–Trinajstić information content (AvgIpc) is 2.39. The highest BCUT2D eigenvalue weighted by Gasteiger charge is 2.27. The molecular weight excluding hydrogens is 368 g/mol. The summed E-state index contributed by atoms with van der Waals surface area (Å²) in [6.45, 7) is 6.42. The van der Waals surface area contributed by atoms with Gasteiger partial charge in [0.2, 0.25) is 0 Å². The fraction of sp³-hybridized carbons (Fsp3) is 0.562. The number of ether oxygens (including phenoxy) is 1. The SMILES string of the molecule is CC(C)(C)OC(=O)NC1CCNC(c2cc(Cl)ccc2Br)C1. The van der Waals surface area contributed by atoms with Gasteiger partial charge >= 0.3 is 6.09 Å². The first-order valence-electron chi connectivity index (χ1n) is 7.42. The Bertz CT molecular complexity index is 545. The molecule has 1 amide bonds. The highest BCUT2D eigenvalue weighted by molar-refractivity contribution is 9.10. The van der Waals surface area contributed by atoms with Crippen LogP contribution in [0.15, 0.2) is 22.7 Å². The first kappa shape index (κ1) is 17.6. The third kappa shape index (κ3) is 5.14. The molecule has 0 radical (unpaired) electrons. The van der Waals surface area contributed by atoms with E-state index in [-0.39, 0.29) is 18.2 Å². The molecule has 122 valence electrons. The lowest BCUT2D eigenvalue weighted by atomic mass is 9.94. The molecule has 2 N–H and O–H groups in total. The maximum atomic E-state index is 11.9. The number of halogens is 2. The van der Waals surface area contributed by atoms with Crippen molar-refractivity contribution in [3.05, 3.63) is 33.3 Å². The van der Waals surface area contributed by atoms with Crippen LogP contribution in [-0.2, 0) is 4.74 Å². The molecule has 1 saturated heterocycles. The number of benzene rings is 1. The number of carbonyl (C=O) groups is 1. The molecule has 2 unspecified atom stereocenters. The van der Waals surface area contributed by atoms with Crippen molar-refractivity contribution in [2.75, 3.05) is 6.54 Å². The monoisotopic (exact) mass is 388 g/mol. The Morgan fingerprint density at radius 3 is 2.86 bits per heavy atom. The van der Waals surface area contributed by atoms with E-state index < -0.39 is 5.60 Å². The first-order chi connectivity index (χ1) is 10.2. The number of carbonyl (C=O) groups excluding carboxylic acids is 1. The lowest BCUT2D eigenvalue weighted by Gasteiger charge is -2.32. The van der Waals surface area contributed by atoms with E-state index in [1.54, 1.807) is 0 Å². The smallest absolute Gasteiger partial charge is 0.407 e. The molecule has 22 heavy (non-hydrogen) atoms. The normalized spacial score (nSPS) is 22.2. The standard InChI is InChI=1S/C16H22BrClN2O2/c1-16(2,3)22-15(21)20-11-6-7-19-14(9-11)12-8-10(18)4-5-13(12)17/h4-5,8,11,14,19H,6-7,9H2,1-3H3,(H,20,21). The highest BCUT2D eigenvalue weighted by atomic mass is 79.9. The van der Waals surface area contributed by atoms with Crippen LogP contribution >= 0.6 is 27.5 Å². The molecule has 6 heteroatoms. The molecule has 1 aromatic rings. The largest absolute Gasteiger partial charge is 0.444 e. The van der Waals surface area contributed by atoms with E-state index in [9.17, 15) is 4.79 Å². The Morgan fingerprint density at radius 1 is 1.45 bits per heavy atom. The summed E-state index contributed by atoms with van der Waals surface area (Å²) in [6.07, 6.45) is 1.33. The second-order valence-electron chi connectivity index (χ2n) is 6.54. The fourth-order valence-corrected chi connectivity index (χ4v) is 3.24. The van der Waals surface area contributed by atoms with Crippen LogP contribution in [-0.4, -0.2) is 24.3 Å². The minimum Gasteiger partial charge on any atom is -0.444 e. The van der Waals surface area contributed by atoms with Crippen molar-refractivity contribution in [2.24, 2.45) is 0 Å². The van der Waals surface area contributed by atoms with Crippen molar-refractivity contribution in [3.63, 3.8) is 0 Å². The second-order valence-corrected chi connectivity index (χ2v) is 7.83. The maximum Gasteiger partial charge on any atom is 0.407 e. The molecule has 0 aromatic heterocycles. The van der Waals surface area contributed by atoms with Gasteiger partial charge in [0, 0.05) is 21.6 Å². The first-order valence-corrected chi connectivity index (χ1v) is 8.59. The summed E-state index contributed by atoms with van der Waals surface area (Å²) < 4.78 is 6.34. The number of nitrogens with one attached hydrogen (secondary N) is 2. The summed E-state index contributed by atoms with van der Waals surface area (Å²) in [5.74, 6) is 0. The van der Waals surface area contributed by atoms with Crippen LogP contribution < -0.4 is 10.6 Å². The van der Waals surface area contributed by atoms with Gasteiger partial charge in [0.1, 0.15) is 5.60 Å². The number of rotatable bonds is 2. The number of alkyl carbamates (subject to hydrolysis) is 1. The summed E-state index contributed by atoms with van der Waals surface area (Å²) in [5.41, 5.74) is 0.634. The Balaban J connectivity index is 2.00. The van der Waals surface area contributed by atoms with Gasteiger partial charge in [-0.25, -0.2) is 4.79 Å². The van der Waals surface area contributed by atoms with Gasteiger partial charge in [-0.3, -0.25) is 0 Å². The second kappa shape index (κ2) is 7.20. The van der Waals surface area contributed by atoms with Gasteiger partial charge < -0.3 is 15.4 Å². The van der Waals surface area contributed by atoms with Crippen molar-refractivity contribution in [1.82, 2.24) is 10.6 Å². The number of piperidine rings is 1. The lowest BCUT2D eigenvalue weighted by molar-refractivity contribution is 0.0490.